The van der Waals surface area contributed by atoms with Gasteiger partial charge in [0.05, 0.1) is 25.4 Å². The van der Waals surface area contributed by atoms with E-state index in [0.717, 1.165) is 5.56 Å². The molecule has 1 aromatic carbocycles. The second kappa shape index (κ2) is 6.58. The number of benzene rings is 1. The molecule has 0 aromatic heterocycles. The molecule has 20 heavy (non-hydrogen) atoms. The topological polar surface area (TPSA) is 93.8 Å². The summed E-state index contributed by atoms with van der Waals surface area (Å²) in [4.78, 5) is 11.7. The molecule has 0 fully saturated rings. The molecule has 0 bridgehead atoms. The van der Waals surface area contributed by atoms with Gasteiger partial charge in [-0.15, -0.1) is 0 Å². The first kappa shape index (κ1) is 16.3. The molecule has 6 heteroatoms. The fourth-order valence-corrected chi connectivity index (χ4v) is 1.56. The third-order valence-electron chi connectivity index (χ3n) is 2.49. The third kappa shape index (κ3) is 4.71. The number of aliphatic hydroxyl groups excluding tert-OH is 1. The predicted molar refractivity (Wildman–Crippen MR) is 76.9 cm³/mol. The summed E-state index contributed by atoms with van der Waals surface area (Å²) in [5.41, 5.74) is 6.37. The number of carbonyl (C=O) groups excluding carboxylic acids is 1. The Balaban J connectivity index is 2.88. The summed E-state index contributed by atoms with van der Waals surface area (Å²) < 4.78 is 10.4. The molecular weight excluding hydrogens is 260 g/mol. The van der Waals surface area contributed by atoms with Crippen LogP contribution in [0.1, 0.15) is 32.4 Å². The van der Waals surface area contributed by atoms with Gasteiger partial charge in [-0.25, -0.2) is 4.79 Å². The molecule has 1 rings (SSSR count). The van der Waals surface area contributed by atoms with Gasteiger partial charge in [0, 0.05) is 0 Å². The fourth-order valence-electron chi connectivity index (χ4n) is 1.56. The lowest BCUT2D eigenvalue weighted by atomic mass is 10.1. The number of nitrogens with two attached hydrogens (primary N) is 1. The number of carbonyl (C=O) groups is 1. The Morgan fingerprint density at radius 3 is 2.60 bits per heavy atom. The van der Waals surface area contributed by atoms with Gasteiger partial charge < -0.3 is 20.3 Å². The van der Waals surface area contributed by atoms with Gasteiger partial charge in [0.1, 0.15) is 11.4 Å². The first-order chi connectivity index (χ1) is 9.26. The molecule has 0 saturated carbocycles. The summed E-state index contributed by atoms with van der Waals surface area (Å²) in [5, 5.41) is 11.7. The van der Waals surface area contributed by atoms with E-state index >= 15 is 0 Å². The molecule has 0 aliphatic rings. The lowest BCUT2D eigenvalue weighted by Gasteiger charge is -2.20. The zero-order chi connectivity index (χ0) is 15.3. The summed E-state index contributed by atoms with van der Waals surface area (Å²) in [6, 6.07) is 4.57. The number of methoxy groups -OCH3 is 1. The van der Waals surface area contributed by atoms with Gasteiger partial charge in [0.25, 0.3) is 0 Å². The van der Waals surface area contributed by atoms with Crippen molar-refractivity contribution in [2.45, 2.75) is 32.4 Å². The summed E-state index contributed by atoms with van der Waals surface area (Å²) in [5.74, 6) is 0.456. The van der Waals surface area contributed by atoms with Crippen molar-refractivity contribution in [3.63, 3.8) is 0 Å². The van der Waals surface area contributed by atoms with Crippen LogP contribution in [0.2, 0.25) is 0 Å². The minimum absolute atomic E-state index is 0.165. The van der Waals surface area contributed by atoms with Crippen molar-refractivity contribution < 1.29 is 19.4 Å². The highest BCUT2D eigenvalue weighted by molar-refractivity contribution is 5.87. The average molecular weight is 282 g/mol. The van der Waals surface area contributed by atoms with E-state index in [0.29, 0.717) is 11.4 Å². The molecule has 1 unspecified atom stereocenters. The van der Waals surface area contributed by atoms with Gasteiger partial charge in [0.15, 0.2) is 0 Å². The fraction of sp³-hybridized carbons (Fsp3) is 0.500. The van der Waals surface area contributed by atoms with Gasteiger partial charge in [-0.2, -0.15) is 0 Å². The number of anilines is 1. The van der Waals surface area contributed by atoms with E-state index in [1.165, 1.54) is 7.11 Å². The van der Waals surface area contributed by atoms with E-state index in [1.807, 2.05) is 0 Å². The van der Waals surface area contributed by atoms with Gasteiger partial charge in [0.2, 0.25) is 0 Å². The quantitative estimate of drug-likeness (QED) is 0.785. The summed E-state index contributed by atoms with van der Waals surface area (Å²) in [6.07, 6.45) is -0.560. The number of aliphatic hydroxyl groups is 1. The van der Waals surface area contributed by atoms with Crippen LogP contribution in [-0.2, 0) is 4.74 Å². The Labute approximate surface area is 118 Å². The summed E-state index contributed by atoms with van der Waals surface area (Å²) in [7, 11) is 1.49. The molecule has 0 spiro atoms. The van der Waals surface area contributed by atoms with Crippen molar-refractivity contribution in [1.82, 2.24) is 0 Å². The van der Waals surface area contributed by atoms with Crippen molar-refractivity contribution in [2.75, 3.05) is 19.0 Å². The normalized spacial score (nSPS) is 12.7. The number of hydrogen-bond acceptors (Lipinski definition) is 5. The van der Waals surface area contributed by atoms with Crippen molar-refractivity contribution in [3.8, 4) is 5.75 Å². The number of amides is 1. The van der Waals surface area contributed by atoms with Gasteiger partial charge in [-0.1, -0.05) is 6.07 Å². The van der Waals surface area contributed by atoms with Crippen molar-refractivity contribution in [3.05, 3.63) is 23.8 Å². The summed E-state index contributed by atoms with van der Waals surface area (Å²) in [6.45, 7) is 5.19. The summed E-state index contributed by atoms with van der Waals surface area (Å²) >= 11 is 0. The highest BCUT2D eigenvalue weighted by Gasteiger charge is 2.18. The van der Waals surface area contributed by atoms with E-state index < -0.39 is 17.7 Å². The molecule has 1 atom stereocenters. The number of nitrogens with one attached hydrogen (secondary N) is 1. The molecule has 112 valence electrons. The van der Waals surface area contributed by atoms with Crippen LogP contribution in [-0.4, -0.2) is 30.5 Å². The lowest BCUT2D eigenvalue weighted by Crippen LogP contribution is -2.27. The van der Waals surface area contributed by atoms with E-state index in [2.05, 4.69) is 5.32 Å². The number of rotatable bonds is 4. The monoisotopic (exact) mass is 282 g/mol. The van der Waals surface area contributed by atoms with Gasteiger partial charge in [-0.3, -0.25) is 5.32 Å². The standard InChI is InChI=1S/C14H22N2O4/c1-14(2,3)20-13(18)16-11-6-5-9(10(15)8-17)7-12(11)19-4/h5-7,10,17H,8,15H2,1-4H3,(H,16,18). The molecule has 1 aromatic rings. The first-order valence-corrected chi connectivity index (χ1v) is 6.31. The zero-order valence-corrected chi connectivity index (χ0v) is 12.3. The van der Waals surface area contributed by atoms with E-state index in [1.54, 1.807) is 39.0 Å². The SMILES string of the molecule is COc1cc(C(N)CO)ccc1NC(=O)OC(C)(C)C. The Morgan fingerprint density at radius 2 is 2.10 bits per heavy atom. The van der Waals surface area contributed by atoms with Gasteiger partial charge in [-0.05, 0) is 38.5 Å². The van der Waals surface area contributed by atoms with Crippen LogP contribution in [0.3, 0.4) is 0 Å². The molecule has 1 amide bonds. The van der Waals surface area contributed by atoms with Crippen LogP contribution < -0.4 is 15.8 Å². The molecular formula is C14H22N2O4. The van der Waals surface area contributed by atoms with Crippen LogP contribution in [0.5, 0.6) is 5.75 Å². The molecule has 0 heterocycles. The molecule has 0 aliphatic heterocycles. The largest absolute Gasteiger partial charge is 0.495 e. The molecule has 0 radical (unpaired) electrons. The Kier molecular flexibility index (Phi) is 5.35. The second-order valence-corrected chi connectivity index (χ2v) is 5.38. The molecule has 6 nitrogen and oxygen atoms in total. The lowest BCUT2D eigenvalue weighted by molar-refractivity contribution is 0.0635. The minimum Gasteiger partial charge on any atom is -0.495 e. The van der Waals surface area contributed by atoms with Crippen LogP contribution in [0.4, 0.5) is 10.5 Å². The van der Waals surface area contributed by atoms with Crippen LogP contribution in [0.15, 0.2) is 18.2 Å². The van der Waals surface area contributed by atoms with Crippen LogP contribution in [0.25, 0.3) is 0 Å². The van der Waals surface area contributed by atoms with Crippen molar-refractivity contribution in [2.24, 2.45) is 5.73 Å². The predicted octanol–water partition coefficient (Wildman–Crippen LogP) is 2.03. The second-order valence-electron chi connectivity index (χ2n) is 5.38. The maximum atomic E-state index is 11.7. The Morgan fingerprint density at radius 1 is 1.45 bits per heavy atom. The molecule has 4 N–H and O–H groups in total. The smallest absolute Gasteiger partial charge is 0.412 e. The van der Waals surface area contributed by atoms with Gasteiger partial charge >= 0.3 is 6.09 Å². The minimum atomic E-state index is -0.573. The van der Waals surface area contributed by atoms with Crippen molar-refractivity contribution in [1.29, 1.82) is 0 Å². The van der Waals surface area contributed by atoms with E-state index in [9.17, 15) is 4.79 Å². The Hall–Kier alpha value is -1.79. The van der Waals surface area contributed by atoms with E-state index in [4.69, 9.17) is 20.3 Å². The van der Waals surface area contributed by atoms with Crippen LogP contribution >= 0.6 is 0 Å². The highest BCUT2D eigenvalue weighted by atomic mass is 16.6. The molecule has 0 saturated heterocycles. The first-order valence-electron chi connectivity index (χ1n) is 6.31. The number of hydrogen-bond donors (Lipinski definition) is 3. The maximum absolute atomic E-state index is 11.7. The third-order valence-corrected chi connectivity index (χ3v) is 2.49. The van der Waals surface area contributed by atoms with E-state index in [-0.39, 0.29) is 6.61 Å². The van der Waals surface area contributed by atoms with Crippen LogP contribution in [0, 0.1) is 0 Å². The zero-order valence-electron chi connectivity index (χ0n) is 12.3. The maximum Gasteiger partial charge on any atom is 0.412 e. The van der Waals surface area contributed by atoms with Crippen molar-refractivity contribution >= 4 is 11.8 Å². The average Bonchev–Trinajstić information content (AvgIpc) is 2.36. The Bertz CT molecular complexity index is 469. The highest BCUT2D eigenvalue weighted by Crippen LogP contribution is 2.28. The molecule has 0 aliphatic carbocycles. The number of ether oxygens (including phenoxy) is 2.